The molecule has 0 N–H and O–H groups in total. The zero-order valence-electron chi connectivity index (χ0n) is 18.1. The topological polar surface area (TPSA) is 88.8 Å². The number of carbonyl (C=O) groups excluding carboxylic acids is 1. The van der Waals surface area contributed by atoms with Gasteiger partial charge in [0.05, 0.1) is 22.2 Å². The number of hydrogen-bond acceptors (Lipinski definition) is 7. The van der Waals surface area contributed by atoms with Crippen molar-refractivity contribution in [2.24, 2.45) is 0 Å². The van der Waals surface area contributed by atoms with Crippen molar-refractivity contribution in [3.05, 3.63) is 64.2 Å². The Hall–Kier alpha value is -3.01. The molecule has 0 saturated heterocycles. The minimum atomic E-state index is -0.456. The van der Waals surface area contributed by atoms with E-state index >= 15 is 0 Å². The van der Waals surface area contributed by atoms with Crippen LogP contribution in [0.15, 0.2) is 48.5 Å². The number of nitro groups is 1. The molecule has 0 aliphatic heterocycles. The number of amides is 1. The van der Waals surface area contributed by atoms with Gasteiger partial charge in [-0.3, -0.25) is 19.8 Å². The fourth-order valence-corrected chi connectivity index (χ4v) is 4.01. The van der Waals surface area contributed by atoms with Crippen molar-refractivity contribution in [3.63, 3.8) is 0 Å². The lowest BCUT2D eigenvalue weighted by Gasteiger charge is -2.19. The van der Waals surface area contributed by atoms with E-state index in [0.29, 0.717) is 17.2 Å². The molecule has 1 amide bonds. The number of anilines is 1. The van der Waals surface area contributed by atoms with Gasteiger partial charge < -0.3 is 9.64 Å². The summed E-state index contributed by atoms with van der Waals surface area (Å²) in [5.74, 6) is 0.509. The maximum absolute atomic E-state index is 13.0. The molecule has 0 aliphatic rings. The van der Waals surface area contributed by atoms with E-state index in [0.717, 1.165) is 28.9 Å². The highest BCUT2D eigenvalue weighted by molar-refractivity contribution is 7.22. The van der Waals surface area contributed by atoms with Gasteiger partial charge in [0.15, 0.2) is 5.13 Å². The lowest BCUT2D eigenvalue weighted by atomic mass is 10.2. The Morgan fingerprint density at radius 1 is 1.22 bits per heavy atom. The van der Waals surface area contributed by atoms with Crippen LogP contribution in [0, 0.1) is 10.1 Å². The molecule has 0 bridgehead atoms. The highest BCUT2D eigenvalue weighted by atomic mass is 35.5. The molecule has 0 fully saturated rings. The van der Waals surface area contributed by atoms with Crippen molar-refractivity contribution < 1.29 is 14.5 Å². The smallest absolute Gasteiger partial charge is 0.270 e. The Labute approximate surface area is 196 Å². The van der Waals surface area contributed by atoms with Crippen LogP contribution in [-0.2, 0) is 4.79 Å². The van der Waals surface area contributed by atoms with Gasteiger partial charge >= 0.3 is 0 Å². The third kappa shape index (κ3) is 6.49. The van der Waals surface area contributed by atoms with Gasteiger partial charge in [-0.15, -0.1) is 12.4 Å². The van der Waals surface area contributed by atoms with Crippen molar-refractivity contribution in [1.82, 2.24) is 9.88 Å². The summed E-state index contributed by atoms with van der Waals surface area (Å²) in [6.45, 7) is 1.34. The Balaban J connectivity index is 0.00000363. The molecule has 2 aromatic carbocycles. The molecule has 10 heteroatoms. The van der Waals surface area contributed by atoms with E-state index < -0.39 is 4.92 Å². The number of fused-ring (bicyclic) bond motifs is 1. The van der Waals surface area contributed by atoms with Crippen LogP contribution < -0.4 is 9.64 Å². The number of carbonyl (C=O) groups is 1. The second kappa shape index (κ2) is 11.6. The SMILES string of the molecule is COc1ccc2nc(N(CCCN(C)C)C(=O)C=Cc3cccc([N+](=O)[O-])c3)sc2c1.Cl. The van der Waals surface area contributed by atoms with E-state index in [1.165, 1.54) is 29.5 Å². The first-order valence-corrected chi connectivity index (χ1v) is 10.5. The van der Waals surface area contributed by atoms with Crippen LogP contribution in [0.2, 0.25) is 0 Å². The van der Waals surface area contributed by atoms with Crippen molar-refractivity contribution in [2.75, 3.05) is 39.2 Å². The van der Waals surface area contributed by atoms with Crippen LogP contribution in [0.4, 0.5) is 10.8 Å². The summed E-state index contributed by atoms with van der Waals surface area (Å²) in [4.78, 5) is 31.9. The molecular weight excluding hydrogens is 452 g/mol. The fourth-order valence-electron chi connectivity index (χ4n) is 2.98. The molecule has 1 heterocycles. The lowest BCUT2D eigenvalue weighted by molar-refractivity contribution is -0.384. The third-order valence-electron chi connectivity index (χ3n) is 4.57. The Kier molecular flexibility index (Phi) is 9.13. The highest BCUT2D eigenvalue weighted by Crippen LogP contribution is 2.31. The number of methoxy groups -OCH3 is 1. The molecule has 0 atom stereocenters. The highest BCUT2D eigenvalue weighted by Gasteiger charge is 2.18. The number of non-ortho nitro benzene ring substituents is 1. The van der Waals surface area contributed by atoms with Crippen LogP contribution in [-0.4, -0.2) is 55.0 Å². The summed E-state index contributed by atoms with van der Waals surface area (Å²) in [5, 5.41) is 11.6. The standard InChI is InChI=1S/C22H24N4O4S.ClH/c1-24(2)12-5-13-25(22-23-19-10-9-18(30-3)15-20(19)31-22)21(27)11-8-16-6-4-7-17(14-16)26(28)29;/h4,6-11,14-15H,5,12-13H2,1-3H3;1H. The molecule has 3 rings (SSSR count). The first kappa shape index (κ1) is 25.3. The van der Waals surface area contributed by atoms with Crippen LogP contribution in [0.25, 0.3) is 16.3 Å². The van der Waals surface area contributed by atoms with E-state index in [2.05, 4.69) is 9.88 Å². The molecular formula is C22H25ClN4O4S. The number of aromatic nitrogens is 1. The molecule has 0 aliphatic carbocycles. The van der Waals surface area contributed by atoms with Crippen molar-refractivity contribution >= 4 is 56.8 Å². The molecule has 8 nitrogen and oxygen atoms in total. The summed E-state index contributed by atoms with van der Waals surface area (Å²) < 4.78 is 6.21. The lowest BCUT2D eigenvalue weighted by Crippen LogP contribution is -2.32. The second-order valence-corrected chi connectivity index (χ2v) is 8.17. The van der Waals surface area contributed by atoms with Gasteiger partial charge in [-0.25, -0.2) is 4.98 Å². The molecule has 0 saturated carbocycles. The van der Waals surface area contributed by atoms with Gasteiger partial charge in [0, 0.05) is 24.8 Å². The number of thiazole rings is 1. The number of halogens is 1. The van der Waals surface area contributed by atoms with E-state index in [-0.39, 0.29) is 24.0 Å². The number of rotatable bonds is 9. The van der Waals surface area contributed by atoms with Crippen molar-refractivity contribution in [2.45, 2.75) is 6.42 Å². The Morgan fingerprint density at radius 2 is 2.00 bits per heavy atom. The largest absolute Gasteiger partial charge is 0.497 e. The van der Waals surface area contributed by atoms with Gasteiger partial charge in [-0.05, 0) is 56.9 Å². The van der Waals surface area contributed by atoms with E-state index in [1.807, 2.05) is 32.3 Å². The van der Waals surface area contributed by atoms with Crippen molar-refractivity contribution in [1.29, 1.82) is 0 Å². The van der Waals surface area contributed by atoms with Gasteiger partial charge in [0.1, 0.15) is 5.75 Å². The minimum absolute atomic E-state index is 0. The minimum Gasteiger partial charge on any atom is -0.497 e. The average molecular weight is 477 g/mol. The maximum atomic E-state index is 13.0. The third-order valence-corrected chi connectivity index (χ3v) is 5.61. The first-order valence-electron chi connectivity index (χ1n) is 9.70. The monoisotopic (exact) mass is 476 g/mol. The molecule has 1 aromatic heterocycles. The first-order chi connectivity index (χ1) is 14.9. The fraction of sp³-hybridized carbons (Fsp3) is 0.273. The quantitative estimate of drug-likeness (QED) is 0.254. The Morgan fingerprint density at radius 3 is 2.69 bits per heavy atom. The maximum Gasteiger partial charge on any atom is 0.270 e. The Bertz CT molecular complexity index is 1120. The number of nitro benzene ring substituents is 1. The predicted molar refractivity (Wildman–Crippen MR) is 131 cm³/mol. The van der Waals surface area contributed by atoms with E-state index in [1.54, 1.807) is 30.2 Å². The van der Waals surface area contributed by atoms with Gasteiger partial charge in [-0.1, -0.05) is 23.5 Å². The number of benzene rings is 2. The average Bonchev–Trinajstić information content (AvgIpc) is 3.17. The zero-order valence-corrected chi connectivity index (χ0v) is 19.7. The number of hydrogen-bond donors (Lipinski definition) is 0. The number of ether oxygens (including phenoxy) is 1. The van der Waals surface area contributed by atoms with E-state index in [4.69, 9.17) is 4.74 Å². The normalized spacial score (nSPS) is 11.0. The molecule has 0 unspecified atom stereocenters. The second-order valence-electron chi connectivity index (χ2n) is 7.16. The molecule has 170 valence electrons. The number of nitrogens with zero attached hydrogens (tertiary/aromatic N) is 4. The predicted octanol–water partition coefficient (Wildman–Crippen LogP) is 4.63. The van der Waals surface area contributed by atoms with Crippen LogP contribution >= 0.6 is 23.7 Å². The molecule has 3 aromatic rings. The molecule has 0 spiro atoms. The van der Waals surface area contributed by atoms with Gasteiger partial charge in [0.2, 0.25) is 0 Å². The summed E-state index contributed by atoms with van der Waals surface area (Å²) >= 11 is 1.43. The summed E-state index contributed by atoms with van der Waals surface area (Å²) in [7, 11) is 5.58. The van der Waals surface area contributed by atoms with Crippen LogP contribution in [0.3, 0.4) is 0 Å². The summed E-state index contributed by atoms with van der Waals surface area (Å²) in [5.41, 5.74) is 1.37. The zero-order chi connectivity index (χ0) is 22.4. The van der Waals surface area contributed by atoms with E-state index in [9.17, 15) is 14.9 Å². The van der Waals surface area contributed by atoms with Crippen LogP contribution in [0.5, 0.6) is 5.75 Å². The molecule has 32 heavy (non-hydrogen) atoms. The van der Waals surface area contributed by atoms with Crippen molar-refractivity contribution in [3.8, 4) is 5.75 Å². The summed E-state index contributed by atoms with van der Waals surface area (Å²) in [6, 6.07) is 11.8. The van der Waals surface area contributed by atoms with Crippen LogP contribution in [0.1, 0.15) is 12.0 Å². The van der Waals surface area contributed by atoms with Gasteiger partial charge in [-0.2, -0.15) is 0 Å². The molecule has 0 radical (unpaired) electrons. The summed E-state index contributed by atoms with van der Waals surface area (Å²) in [6.07, 6.45) is 3.80. The van der Waals surface area contributed by atoms with Gasteiger partial charge in [0.25, 0.3) is 11.6 Å².